The predicted molar refractivity (Wildman–Crippen MR) is 127 cm³/mol. The largest absolute Gasteiger partial charge is 0.426 e. The van der Waals surface area contributed by atoms with E-state index in [2.05, 4.69) is 9.47 Å². The summed E-state index contributed by atoms with van der Waals surface area (Å²) in [6.07, 6.45) is -6.61. The lowest BCUT2D eigenvalue weighted by Crippen LogP contribution is -2.60. The highest BCUT2D eigenvalue weighted by atomic mass is 32.2. The Kier molecular flexibility index (Phi) is 8.79. The van der Waals surface area contributed by atoms with Gasteiger partial charge in [0, 0.05) is 7.11 Å². The molecule has 4 fully saturated rings. The summed E-state index contributed by atoms with van der Waals surface area (Å²) in [5.74, 6) is -0.311. The molecule has 38 heavy (non-hydrogen) atoms. The van der Waals surface area contributed by atoms with Crippen LogP contribution < -0.4 is 0 Å². The second-order valence-corrected chi connectivity index (χ2v) is 14.0. The summed E-state index contributed by atoms with van der Waals surface area (Å²) in [5, 5.41) is -0.658. The highest BCUT2D eigenvalue weighted by molar-refractivity contribution is 7.87. The third-order valence-corrected chi connectivity index (χ3v) is 12.1. The first kappa shape index (κ1) is 30.4. The molecule has 0 aromatic carbocycles. The van der Waals surface area contributed by atoms with E-state index >= 15 is 0 Å². The van der Waals surface area contributed by atoms with E-state index < -0.39 is 52.5 Å². The second-order valence-electron chi connectivity index (χ2n) is 12.2. The highest BCUT2D eigenvalue weighted by Crippen LogP contribution is 2.61. The van der Waals surface area contributed by atoms with Gasteiger partial charge in [-0.15, -0.1) is 0 Å². The quantitative estimate of drug-likeness (QED) is 0.144. The van der Waals surface area contributed by atoms with Crippen molar-refractivity contribution in [3.63, 3.8) is 0 Å². The number of hydrogen-bond acceptors (Lipinski definition) is 5. The van der Waals surface area contributed by atoms with Gasteiger partial charge in [0.25, 0.3) is 15.7 Å². The van der Waals surface area contributed by atoms with Crippen molar-refractivity contribution < 1.29 is 48.4 Å². The molecule has 0 N–H and O–H groups in total. The van der Waals surface area contributed by atoms with Crippen LogP contribution in [-0.2, 0) is 23.8 Å². The van der Waals surface area contributed by atoms with Gasteiger partial charge in [0.2, 0.25) is 0 Å². The minimum Gasteiger partial charge on any atom is -0.359 e. The molecule has 4 saturated carbocycles. The molecule has 0 aromatic heterocycles. The molecule has 0 saturated heterocycles. The lowest BCUT2D eigenvalue weighted by atomic mass is 9.70. The Morgan fingerprint density at radius 3 is 2.13 bits per heavy atom. The molecule has 0 radical (unpaired) electrons. The summed E-state index contributed by atoms with van der Waals surface area (Å²) >= 11 is 0. The van der Waals surface area contributed by atoms with Crippen molar-refractivity contribution in [2.45, 2.75) is 107 Å². The van der Waals surface area contributed by atoms with Gasteiger partial charge < -0.3 is 9.47 Å². The molecule has 0 aliphatic heterocycles. The minimum absolute atomic E-state index is 0.0340. The van der Waals surface area contributed by atoms with Crippen molar-refractivity contribution in [2.24, 2.45) is 41.4 Å². The van der Waals surface area contributed by atoms with Crippen molar-refractivity contribution in [1.29, 1.82) is 0 Å². The van der Waals surface area contributed by atoms with Gasteiger partial charge in [-0.25, -0.2) is 0 Å². The third-order valence-electron chi connectivity index (χ3n) is 10.2. The Labute approximate surface area is 221 Å². The first-order valence-corrected chi connectivity index (χ1v) is 15.3. The lowest BCUT2D eigenvalue weighted by molar-refractivity contribution is -0.397. The topological polar surface area (TPSA) is 61.8 Å². The molecule has 0 heterocycles. The molecular formula is C26H40F6O5S. The summed E-state index contributed by atoms with van der Waals surface area (Å²) < 4.78 is 124. The zero-order chi connectivity index (χ0) is 28.1. The minimum atomic E-state index is -5.64. The average Bonchev–Trinajstić information content (AvgIpc) is 3.57. The molecule has 0 amide bonds. The van der Waals surface area contributed by atoms with E-state index in [1.807, 2.05) is 6.92 Å². The van der Waals surface area contributed by atoms with Gasteiger partial charge >= 0.3 is 12.4 Å². The molecule has 4 rings (SSSR count). The number of rotatable bonds is 12. The number of alkyl halides is 6. The van der Waals surface area contributed by atoms with Gasteiger partial charge in [-0.3, -0.25) is 4.18 Å². The van der Waals surface area contributed by atoms with E-state index in [0.717, 1.165) is 32.8 Å². The Balaban J connectivity index is 1.38. The summed E-state index contributed by atoms with van der Waals surface area (Å²) in [7, 11) is -2.77. The molecular weight excluding hydrogens is 538 g/mol. The van der Waals surface area contributed by atoms with Crippen LogP contribution in [0.3, 0.4) is 0 Å². The van der Waals surface area contributed by atoms with Crippen LogP contribution >= 0.6 is 0 Å². The SMILES string of the molecule is CCC(CCC1C2CC(CC(OCOC)(C(F)(F)F)C(F)(F)F)C(C2)C1C)S(=O)(=O)OC1CC2CCC1C2. The van der Waals surface area contributed by atoms with Crippen LogP contribution in [0, 0.1) is 41.4 Å². The fraction of sp³-hybridized carbons (Fsp3) is 1.00. The molecule has 4 bridgehead atoms. The fourth-order valence-electron chi connectivity index (χ4n) is 8.31. The van der Waals surface area contributed by atoms with Crippen molar-refractivity contribution in [3.05, 3.63) is 0 Å². The van der Waals surface area contributed by atoms with Gasteiger partial charge in [-0.2, -0.15) is 34.8 Å². The van der Waals surface area contributed by atoms with Crippen LogP contribution in [0.4, 0.5) is 26.3 Å². The second kappa shape index (κ2) is 11.0. The standard InChI is InChI=1S/C26H40F6O5S/c1-4-20(38(33,34)37-23-10-16-5-6-17(23)9-16)7-8-21-15(2)22-12-18(21)11-19(22)13-24(25(27,28)29,26(30,31)32)36-14-35-3/h15-23H,4-14H2,1-3H3. The van der Waals surface area contributed by atoms with Crippen LogP contribution in [0.25, 0.3) is 0 Å². The first-order chi connectivity index (χ1) is 17.6. The summed E-state index contributed by atoms with van der Waals surface area (Å²) in [4.78, 5) is 0. The lowest BCUT2D eigenvalue weighted by Gasteiger charge is -2.42. The molecule has 5 nitrogen and oxygen atoms in total. The van der Waals surface area contributed by atoms with E-state index in [-0.39, 0.29) is 36.2 Å². The molecule has 9 atom stereocenters. The monoisotopic (exact) mass is 578 g/mol. The molecule has 9 unspecified atom stereocenters. The zero-order valence-corrected chi connectivity index (χ0v) is 23.0. The number of hydrogen-bond donors (Lipinski definition) is 0. The van der Waals surface area contributed by atoms with Crippen LogP contribution in [0.1, 0.15) is 78.1 Å². The van der Waals surface area contributed by atoms with Gasteiger partial charge in [-0.05, 0) is 106 Å². The summed E-state index contributed by atoms with van der Waals surface area (Å²) in [6.45, 7) is 2.57. The van der Waals surface area contributed by atoms with Crippen molar-refractivity contribution in [2.75, 3.05) is 13.9 Å². The number of methoxy groups -OCH3 is 1. The van der Waals surface area contributed by atoms with E-state index in [4.69, 9.17) is 4.18 Å². The Morgan fingerprint density at radius 1 is 0.947 bits per heavy atom. The van der Waals surface area contributed by atoms with Crippen LogP contribution in [0.15, 0.2) is 0 Å². The molecule has 12 heteroatoms. The van der Waals surface area contributed by atoms with Crippen LogP contribution in [-0.4, -0.2) is 51.6 Å². The van der Waals surface area contributed by atoms with E-state index in [0.29, 0.717) is 37.5 Å². The molecule has 4 aliphatic rings. The van der Waals surface area contributed by atoms with Gasteiger partial charge in [-0.1, -0.05) is 13.8 Å². The molecule has 222 valence electrons. The number of halogens is 6. The zero-order valence-electron chi connectivity index (χ0n) is 22.2. The maximum absolute atomic E-state index is 13.8. The van der Waals surface area contributed by atoms with Gasteiger partial charge in [0.1, 0.15) is 6.79 Å². The summed E-state index contributed by atoms with van der Waals surface area (Å²) in [6, 6.07) is 0. The summed E-state index contributed by atoms with van der Waals surface area (Å²) in [5.41, 5.74) is -4.28. The maximum Gasteiger partial charge on any atom is 0.426 e. The fourth-order valence-corrected chi connectivity index (χ4v) is 9.88. The smallest absolute Gasteiger partial charge is 0.359 e. The number of fused-ring (bicyclic) bond motifs is 4. The van der Waals surface area contributed by atoms with Gasteiger partial charge in [0.15, 0.2) is 0 Å². The predicted octanol–water partition coefficient (Wildman–Crippen LogP) is 6.86. The Bertz CT molecular complexity index is 906. The van der Waals surface area contributed by atoms with E-state index in [1.165, 1.54) is 0 Å². The Morgan fingerprint density at radius 2 is 1.63 bits per heavy atom. The molecule has 0 aromatic rings. The third kappa shape index (κ3) is 5.62. The van der Waals surface area contributed by atoms with Crippen molar-refractivity contribution in [3.8, 4) is 0 Å². The van der Waals surface area contributed by atoms with Crippen molar-refractivity contribution >= 4 is 10.1 Å². The van der Waals surface area contributed by atoms with Gasteiger partial charge in [0.05, 0.1) is 11.4 Å². The normalized spacial score (nSPS) is 36.3. The van der Waals surface area contributed by atoms with E-state index in [9.17, 15) is 34.8 Å². The highest BCUT2D eigenvalue weighted by Gasteiger charge is 2.73. The van der Waals surface area contributed by atoms with Crippen LogP contribution in [0.5, 0.6) is 0 Å². The number of ether oxygens (including phenoxy) is 2. The molecule has 0 spiro atoms. The Hall–Kier alpha value is -0.590. The van der Waals surface area contributed by atoms with Crippen LogP contribution in [0.2, 0.25) is 0 Å². The average molecular weight is 579 g/mol. The van der Waals surface area contributed by atoms with Crippen molar-refractivity contribution in [1.82, 2.24) is 0 Å². The maximum atomic E-state index is 13.8. The van der Waals surface area contributed by atoms with E-state index in [1.54, 1.807) is 6.92 Å². The molecule has 4 aliphatic carbocycles. The first-order valence-electron chi connectivity index (χ1n) is 13.8.